The third-order valence-corrected chi connectivity index (χ3v) is 4.37. The minimum atomic E-state index is -4.46. The molecule has 150 valence electrons. The Bertz CT molecular complexity index is 1140. The summed E-state index contributed by atoms with van der Waals surface area (Å²) < 4.78 is 36.4. The molecule has 0 aliphatic rings. The molecule has 0 unspecified atom stereocenters. The molecule has 0 aromatic heterocycles. The Morgan fingerprint density at radius 2 is 2.03 bits per heavy atom. The van der Waals surface area contributed by atoms with E-state index < -0.39 is 31.4 Å². The summed E-state index contributed by atoms with van der Waals surface area (Å²) in [4.78, 5) is 22.1. The molecule has 1 amide bonds. The molecule has 12 heteroatoms. The van der Waals surface area contributed by atoms with Crippen molar-refractivity contribution in [1.82, 2.24) is 0 Å². The van der Waals surface area contributed by atoms with Gasteiger partial charge < -0.3 is 15.4 Å². The Morgan fingerprint density at radius 3 is 2.62 bits per heavy atom. The molecule has 0 saturated carbocycles. The van der Waals surface area contributed by atoms with Crippen LogP contribution in [0.3, 0.4) is 0 Å². The number of nitro groups is 1. The van der Waals surface area contributed by atoms with E-state index in [0.29, 0.717) is 0 Å². The minimum absolute atomic E-state index is 0.0270. The molecule has 0 heterocycles. The average Bonchev–Trinajstić information content (AvgIpc) is 2.67. The fraction of sp³-hybridized carbons (Fsp3) is 0.0588. The lowest BCUT2D eigenvalue weighted by molar-refractivity contribution is -0.384. The molecule has 0 radical (unpaired) electrons. The van der Waals surface area contributed by atoms with E-state index >= 15 is 0 Å². The lowest BCUT2D eigenvalue weighted by Crippen LogP contribution is -2.15. The largest absolute Gasteiger partial charge is 0.495 e. The maximum atomic E-state index is 12.3. The van der Waals surface area contributed by atoms with Crippen LogP contribution in [0.2, 0.25) is 0 Å². The van der Waals surface area contributed by atoms with Gasteiger partial charge in [0, 0.05) is 24.0 Å². The number of nitriles is 1. The molecule has 0 saturated heterocycles. The lowest BCUT2D eigenvalue weighted by atomic mass is 10.2. The number of hydrogen-bond donors (Lipinski definition) is 3. The number of amides is 1. The lowest BCUT2D eigenvalue weighted by Gasteiger charge is -2.09. The van der Waals surface area contributed by atoms with Crippen LogP contribution in [0.25, 0.3) is 0 Å². The summed E-state index contributed by atoms with van der Waals surface area (Å²) in [5.41, 5.74) is -0.461. The summed E-state index contributed by atoms with van der Waals surface area (Å²) >= 11 is 0. The highest BCUT2D eigenvalue weighted by atomic mass is 32.2. The van der Waals surface area contributed by atoms with Crippen molar-refractivity contribution >= 4 is 33.1 Å². The maximum absolute atomic E-state index is 12.3. The van der Waals surface area contributed by atoms with Crippen LogP contribution < -0.4 is 15.4 Å². The highest BCUT2D eigenvalue weighted by molar-refractivity contribution is 7.85. The zero-order chi connectivity index (χ0) is 21.6. The van der Waals surface area contributed by atoms with E-state index in [1.54, 1.807) is 6.07 Å². The van der Waals surface area contributed by atoms with E-state index in [1.807, 2.05) is 0 Å². The monoisotopic (exact) mass is 418 g/mol. The normalized spacial score (nSPS) is 11.3. The van der Waals surface area contributed by atoms with Gasteiger partial charge in [0.1, 0.15) is 17.4 Å². The van der Waals surface area contributed by atoms with Crippen molar-refractivity contribution < 1.29 is 27.4 Å². The summed E-state index contributed by atoms with van der Waals surface area (Å²) in [7, 11) is -3.12. The van der Waals surface area contributed by atoms with Gasteiger partial charge in [0.15, 0.2) is 0 Å². The van der Waals surface area contributed by atoms with E-state index in [9.17, 15) is 28.6 Å². The number of nitrogens with zero attached hydrogens (tertiary/aromatic N) is 2. The molecule has 2 aromatic carbocycles. The Labute approximate surface area is 165 Å². The minimum Gasteiger partial charge on any atom is -0.495 e. The first-order chi connectivity index (χ1) is 13.7. The fourth-order valence-electron chi connectivity index (χ4n) is 2.15. The predicted molar refractivity (Wildman–Crippen MR) is 102 cm³/mol. The zero-order valence-electron chi connectivity index (χ0n) is 14.8. The molecule has 11 nitrogen and oxygen atoms in total. The fourth-order valence-corrected chi connectivity index (χ4v) is 2.68. The third-order valence-electron chi connectivity index (χ3n) is 3.52. The van der Waals surface area contributed by atoms with Crippen LogP contribution in [-0.4, -0.2) is 30.9 Å². The first kappa shape index (κ1) is 21.4. The van der Waals surface area contributed by atoms with E-state index in [0.717, 1.165) is 24.4 Å². The van der Waals surface area contributed by atoms with Crippen LogP contribution in [0, 0.1) is 21.4 Å². The summed E-state index contributed by atoms with van der Waals surface area (Å²) in [6, 6.07) is 10.2. The van der Waals surface area contributed by atoms with Gasteiger partial charge in [0.2, 0.25) is 0 Å². The molecular formula is C17H14N4O7S. The van der Waals surface area contributed by atoms with E-state index in [-0.39, 0.29) is 22.8 Å². The smallest absolute Gasteiger partial charge is 0.294 e. The molecular weight excluding hydrogens is 404 g/mol. The molecule has 0 aliphatic carbocycles. The second-order valence-electron chi connectivity index (χ2n) is 5.41. The molecule has 0 fully saturated rings. The number of benzene rings is 2. The number of nitrogens with one attached hydrogen (secondary N) is 2. The Kier molecular flexibility index (Phi) is 6.50. The van der Waals surface area contributed by atoms with Gasteiger partial charge in [-0.1, -0.05) is 6.07 Å². The van der Waals surface area contributed by atoms with Crippen molar-refractivity contribution in [3.8, 4) is 11.8 Å². The Balaban J connectivity index is 2.25. The van der Waals surface area contributed by atoms with Gasteiger partial charge in [-0.15, -0.1) is 0 Å². The number of hydrogen-bond acceptors (Lipinski definition) is 8. The molecule has 2 rings (SSSR count). The van der Waals surface area contributed by atoms with Crippen molar-refractivity contribution in [2.45, 2.75) is 4.90 Å². The third kappa shape index (κ3) is 5.51. The number of ether oxygens (including phenoxy) is 1. The van der Waals surface area contributed by atoms with Gasteiger partial charge in [-0.25, -0.2) is 0 Å². The highest BCUT2D eigenvalue weighted by Gasteiger charge is 2.15. The van der Waals surface area contributed by atoms with Gasteiger partial charge in [0.05, 0.1) is 22.6 Å². The number of anilines is 2. The number of carbonyl (C=O) groups excluding carboxylic acids is 1. The van der Waals surface area contributed by atoms with Gasteiger partial charge in [-0.2, -0.15) is 13.7 Å². The first-order valence-electron chi connectivity index (χ1n) is 7.74. The molecule has 3 N–H and O–H groups in total. The van der Waals surface area contributed by atoms with E-state index in [4.69, 9.17) is 9.29 Å². The van der Waals surface area contributed by atoms with Crippen molar-refractivity contribution in [2.24, 2.45) is 0 Å². The van der Waals surface area contributed by atoms with Crippen molar-refractivity contribution in [3.63, 3.8) is 0 Å². The number of non-ortho nitro benzene ring substituents is 1. The number of rotatable bonds is 7. The predicted octanol–water partition coefficient (Wildman–Crippen LogP) is 2.31. The zero-order valence-corrected chi connectivity index (χ0v) is 15.6. The highest BCUT2D eigenvalue weighted by Crippen LogP contribution is 2.29. The SMILES string of the molecule is COc1ccc([N+](=O)[O-])cc1N/C=C(/C#N)C(=O)Nc1cccc(S(=O)(=O)O)c1. The molecule has 29 heavy (non-hydrogen) atoms. The second kappa shape index (κ2) is 8.83. The maximum Gasteiger partial charge on any atom is 0.294 e. The van der Waals surface area contributed by atoms with Gasteiger partial charge in [-0.3, -0.25) is 19.5 Å². The van der Waals surface area contributed by atoms with Crippen molar-refractivity contribution in [3.05, 3.63) is 64.4 Å². The van der Waals surface area contributed by atoms with Crippen LogP contribution in [0.15, 0.2) is 59.1 Å². The second-order valence-corrected chi connectivity index (χ2v) is 6.83. The van der Waals surface area contributed by atoms with Gasteiger partial charge in [-0.05, 0) is 24.3 Å². The number of nitro benzene ring substituents is 1. The van der Waals surface area contributed by atoms with Crippen LogP contribution >= 0.6 is 0 Å². The summed E-state index contributed by atoms with van der Waals surface area (Å²) in [6.07, 6.45) is 1.02. The van der Waals surface area contributed by atoms with Crippen LogP contribution in [0.4, 0.5) is 17.1 Å². The van der Waals surface area contributed by atoms with Gasteiger partial charge >= 0.3 is 0 Å². The van der Waals surface area contributed by atoms with Crippen molar-refractivity contribution in [2.75, 3.05) is 17.7 Å². The number of carbonyl (C=O) groups is 1. The van der Waals surface area contributed by atoms with E-state index in [2.05, 4.69) is 10.6 Å². The molecule has 0 aliphatic heterocycles. The summed E-state index contributed by atoms with van der Waals surface area (Å²) in [5, 5.41) is 25.0. The summed E-state index contributed by atoms with van der Waals surface area (Å²) in [5.74, 6) is -0.637. The molecule has 0 bridgehead atoms. The Morgan fingerprint density at radius 1 is 1.31 bits per heavy atom. The van der Waals surface area contributed by atoms with Gasteiger partial charge in [0.25, 0.3) is 21.7 Å². The van der Waals surface area contributed by atoms with E-state index in [1.165, 1.54) is 31.4 Å². The molecule has 0 atom stereocenters. The summed E-state index contributed by atoms with van der Waals surface area (Å²) in [6.45, 7) is 0. The quantitative estimate of drug-likeness (QED) is 0.200. The first-order valence-corrected chi connectivity index (χ1v) is 9.18. The topological polar surface area (TPSA) is 172 Å². The van der Waals surface area contributed by atoms with Crippen molar-refractivity contribution in [1.29, 1.82) is 5.26 Å². The molecule has 2 aromatic rings. The van der Waals surface area contributed by atoms with Crippen LogP contribution in [0.5, 0.6) is 5.75 Å². The average molecular weight is 418 g/mol. The Hall–Kier alpha value is -3.95. The van der Waals surface area contributed by atoms with Crippen LogP contribution in [0.1, 0.15) is 0 Å². The molecule has 0 spiro atoms. The van der Waals surface area contributed by atoms with Crippen LogP contribution in [-0.2, 0) is 14.9 Å². The number of methoxy groups -OCH3 is 1. The standard InChI is InChI=1S/C17H14N4O7S/c1-28-16-6-5-13(21(23)24)8-15(16)19-10-11(9-18)17(22)20-12-3-2-4-14(7-12)29(25,26)27/h2-8,10,19H,1H3,(H,20,22)(H,25,26,27)/b11-10-.